The first-order valence-electron chi connectivity index (χ1n) is 6.85. The van der Waals surface area contributed by atoms with E-state index in [1.54, 1.807) is 6.08 Å². The highest BCUT2D eigenvalue weighted by molar-refractivity contribution is 5.64. The Labute approximate surface area is 115 Å². The van der Waals surface area contributed by atoms with Crippen LogP contribution in [0, 0.1) is 11.3 Å². The van der Waals surface area contributed by atoms with Crippen molar-refractivity contribution in [3.8, 4) is 0 Å². The van der Waals surface area contributed by atoms with E-state index in [1.807, 2.05) is 31.4 Å². The van der Waals surface area contributed by atoms with E-state index in [2.05, 4.69) is 36.7 Å². The topological polar surface area (TPSA) is 41.7 Å². The van der Waals surface area contributed by atoms with Crippen LogP contribution in [0.4, 0.5) is 0 Å². The fourth-order valence-corrected chi connectivity index (χ4v) is 1.96. The number of hydrogen-bond donors (Lipinski definition) is 1. The standard InChI is InChI=1S/C14H17N3.C2H6/c1-4-11-14(15)17(5-2)13-9-7-10(3)6-8-12(13)16-11;1-2/h4,6-10,15H,1,5H2,2-3H3;1-2H3. The third kappa shape index (κ3) is 3.11. The van der Waals surface area contributed by atoms with Gasteiger partial charge in [-0.05, 0) is 31.1 Å². The minimum absolute atomic E-state index is 0.399. The van der Waals surface area contributed by atoms with Crippen LogP contribution in [0.2, 0.25) is 0 Å². The van der Waals surface area contributed by atoms with Gasteiger partial charge in [0.15, 0.2) is 5.49 Å². The molecule has 0 spiro atoms. The second-order valence-corrected chi connectivity index (χ2v) is 4.14. The molecule has 0 fully saturated rings. The summed E-state index contributed by atoms with van der Waals surface area (Å²) < 4.78 is 1.96. The lowest BCUT2D eigenvalue weighted by Crippen LogP contribution is -2.26. The van der Waals surface area contributed by atoms with Crippen LogP contribution in [0.15, 0.2) is 18.7 Å². The zero-order chi connectivity index (χ0) is 14.4. The molecular weight excluding hydrogens is 234 g/mol. The lowest BCUT2D eigenvalue weighted by atomic mass is 10.2. The molecule has 0 bridgehead atoms. The van der Waals surface area contributed by atoms with Crippen LogP contribution < -0.4 is 5.49 Å². The van der Waals surface area contributed by atoms with Gasteiger partial charge < -0.3 is 4.57 Å². The normalized spacial score (nSPS) is 16.1. The second-order valence-electron chi connectivity index (χ2n) is 4.14. The molecule has 0 aliphatic heterocycles. The molecule has 1 aliphatic rings. The average molecular weight is 257 g/mol. The Balaban J connectivity index is 0.000000861. The van der Waals surface area contributed by atoms with Gasteiger partial charge in [-0.3, -0.25) is 5.41 Å². The van der Waals surface area contributed by atoms with Gasteiger partial charge in [0.1, 0.15) is 5.69 Å². The molecule has 1 aromatic heterocycles. The third-order valence-corrected chi connectivity index (χ3v) is 2.93. The molecule has 0 amide bonds. The van der Waals surface area contributed by atoms with Gasteiger partial charge in [-0.1, -0.05) is 39.5 Å². The first-order chi connectivity index (χ1) is 9.17. The van der Waals surface area contributed by atoms with E-state index in [4.69, 9.17) is 5.41 Å². The van der Waals surface area contributed by atoms with Gasteiger partial charge >= 0.3 is 0 Å². The first-order valence-corrected chi connectivity index (χ1v) is 6.85. The van der Waals surface area contributed by atoms with Crippen molar-refractivity contribution in [2.75, 3.05) is 0 Å². The fourth-order valence-electron chi connectivity index (χ4n) is 1.96. The van der Waals surface area contributed by atoms with E-state index in [9.17, 15) is 0 Å². The zero-order valence-electron chi connectivity index (χ0n) is 12.3. The molecule has 19 heavy (non-hydrogen) atoms. The smallest absolute Gasteiger partial charge is 0.151 e. The molecular formula is C16H23N3. The van der Waals surface area contributed by atoms with Crippen LogP contribution in [0.1, 0.15) is 44.8 Å². The van der Waals surface area contributed by atoms with Crippen molar-refractivity contribution in [3.63, 3.8) is 0 Å². The second kappa shape index (κ2) is 6.88. The Bertz CT molecular complexity index is 562. The minimum atomic E-state index is 0.399. The highest BCUT2D eigenvalue weighted by Crippen LogP contribution is 2.17. The van der Waals surface area contributed by atoms with E-state index in [1.165, 1.54) is 0 Å². The highest BCUT2D eigenvalue weighted by Gasteiger charge is 2.10. The van der Waals surface area contributed by atoms with Gasteiger partial charge in [0.25, 0.3) is 0 Å². The van der Waals surface area contributed by atoms with Crippen LogP contribution in [-0.4, -0.2) is 9.55 Å². The molecule has 0 saturated carbocycles. The van der Waals surface area contributed by atoms with Crippen LogP contribution in [-0.2, 0) is 6.54 Å². The van der Waals surface area contributed by atoms with Crippen molar-refractivity contribution < 1.29 is 0 Å². The van der Waals surface area contributed by atoms with Crippen molar-refractivity contribution in [3.05, 3.63) is 41.3 Å². The summed E-state index contributed by atoms with van der Waals surface area (Å²) in [5, 5.41) is 8.08. The fraction of sp³-hybridized carbons (Fsp3) is 0.375. The lowest BCUT2D eigenvalue weighted by molar-refractivity contribution is 0.680. The van der Waals surface area contributed by atoms with Crippen molar-refractivity contribution in [2.24, 2.45) is 5.92 Å². The maximum Gasteiger partial charge on any atom is 0.151 e. The average Bonchev–Trinajstić information content (AvgIpc) is 2.63. The van der Waals surface area contributed by atoms with Gasteiger partial charge in [0.2, 0.25) is 0 Å². The Hall–Kier alpha value is -1.90. The van der Waals surface area contributed by atoms with Crippen molar-refractivity contribution >= 4 is 18.2 Å². The molecule has 0 radical (unpaired) electrons. The summed E-state index contributed by atoms with van der Waals surface area (Å²) in [6.07, 6.45) is 9.97. The predicted octanol–water partition coefficient (Wildman–Crippen LogP) is 3.73. The maximum atomic E-state index is 8.08. The monoisotopic (exact) mass is 257 g/mol. The Kier molecular flexibility index (Phi) is 5.49. The minimum Gasteiger partial charge on any atom is -0.323 e. The molecule has 102 valence electrons. The number of allylic oxidation sites excluding steroid dienone is 2. The number of nitrogens with one attached hydrogen (secondary N) is 1. The predicted molar refractivity (Wildman–Crippen MR) is 82.4 cm³/mol. The van der Waals surface area contributed by atoms with Gasteiger partial charge in [-0.15, -0.1) is 0 Å². The number of rotatable bonds is 2. The molecule has 0 aromatic carbocycles. The molecule has 1 N–H and O–H groups in total. The van der Waals surface area contributed by atoms with E-state index in [0.717, 1.165) is 17.9 Å². The summed E-state index contributed by atoms with van der Waals surface area (Å²) in [6, 6.07) is 0. The molecule has 1 aromatic rings. The summed E-state index contributed by atoms with van der Waals surface area (Å²) in [5.74, 6) is 0.399. The van der Waals surface area contributed by atoms with Crippen molar-refractivity contribution in [1.29, 1.82) is 5.41 Å². The van der Waals surface area contributed by atoms with E-state index >= 15 is 0 Å². The summed E-state index contributed by atoms with van der Waals surface area (Å²) in [5.41, 5.74) is 2.98. The van der Waals surface area contributed by atoms with Crippen LogP contribution >= 0.6 is 0 Å². The van der Waals surface area contributed by atoms with E-state index < -0.39 is 0 Å². The maximum absolute atomic E-state index is 8.08. The molecule has 1 aliphatic carbocycles. The number of nitrogens with zero attached hydrogens (tertiary/aromatic N) is 2. The molecule has 1 heterocycles. The van der Waals surface area contributed by atoms with Gasteiger partial charge in [-0.2, -0.15) is 0 Å². The summed E-state index contributed by atoms with van der Waals surface area (Å²) >= 11 is 0. The quantitative estimate of drug-likeness (QED) is 0.861. The lowest BCUT2D eigenvalue weighted by Gasteiger charge is -2.12. The van der Waals surface area contributed by atoms with E-state index in [0.29, 0.717) is 17.1 Å². The molecule has 0 saturated heterocycles. The molecule has 3 heteroatoms. The Morgan fingerprint density at radius 2 is 2.00 bits per heavy atom. The largest absolute Gasteiger partial charge is 0.323 e. The highest BCUT2D eigenvalue weighted by atomic mass is 15.0. The Morgan fingerprint density at radius 3 is 2.58 bits per heavy atom. The summed E-state index contributed by atoms with van der Waals surface area (Å²) in [6.45, 7) is 12.6. The molecule has 2 rings (SSSR count). The van der Waals surface area contributed by atoms with Crippen LogP contribution in [0.3, 0.4) is 0 Å². The van der Waals surface area contributed by atoms with Crippen LogP contribution in [0.25, 0.3) is 18.2 Å². The number of fused-ring (bicyclic) bond motifs is 1. The zero-order valence-corrected chi connectivity index (χ0v) is 12.3. The molecule has 1 atom stereocenters. The van der Waals surface area contributed by atoms with Crippen LogP contribution in [0.5, 0.6) is 0 Å². The first kappa shape index (κ1) is 15.2. The number of hydrogen-bond acceptors (Lipinski definition) is 2. The number of aromatic nitrogens is 2. The molecule has 1 unspecified atom stereocenters. The van der Waals surface area contributed by atoms with Gasteiger partial charge in [0.05, 0.1) is 11.4 Å². The van der Waals surface area contributed by atoms with Gasteiger partial charge in [0, 0.05) is 6.54 Å². The van der Waals surface area contributed by atoms with Gasteiger partial charge in [-0.25, -0.2) is 4.98 Å². The van der Waals surface area contributed by atoms with Crippen molar-refractivity contribution in [1.82, 2.24) is 9.55 Å². The Morgan fingerprint density at radius 1 is 1.37 bits per heavy atom. The summed E-state index contributed by atoms with van der Waals surface area (Å²) in [4.78, 5) is 4.47. The third-order valence-electron chi connectivity index (χ3n) is 2.93. The van der Waals surface area contributed by atoms with Crippen molar-refractivity contribution in [2.45, 2.75) is 34.2 Å². The SMILES string of the molecule is C=Cc1nc2c(n(CC)c1=N)C=CC(C)C=C2.CC. The molecule has 3 nitrogen and oxygen atoms in total. The summed E-state index contributed by atoms with van der Waals surface area (Å²) in [7, 11) is 0. The van der Waals surface area contributed by atoms with E-state index in [-0.39, 0.29) is 0 Å².